The van der Waals surface area contributed by atoms with Crippen LogP contribution in [0.1, 0.15) is 11.4 Å². The van der Waals surface area contributed by atoms with Crippen molar-refractivity contribution in [3.63, 3.8) is 0 Å². The van der Waals surface area contributed by atoms with Gasteiger partial charge in [0.1, 0.15) is 10.7 Å². The molecule has 1 aromatic heterocycles. The van der Waals surface area contributed by atoms with E-state index in [2.05, 4.69) is 4.98 Å². The molecular weight excluding hydrogens is 290 g/mol. The first-order valence-electron chi connectivity index (χ1n) is 6.32. The maximum absolute atomic E-state index is 12.7. The van der Waals surface area contributed by atoms with Crippen LogP contribution in [-0.2, 0) is 23.1 Å². The van der Waals surface area contributed by atoms with Crippen LogP contribution in [0.25, 0.3) is 0 Å². The normalized spacial score (nSPS) is 15.4. The Bertz CT molecular complexity index is 834. The molecule has 0 unspecified atom stereocenters. The van der Waals surface area contributed by atoms with E-state index in [9.17, 15) is 8.42 Å². The quantitative estimate of drug-likeness (QED) is 0.815. The number of anilines is 1. The van der Waals surface area contributed by atoms with Gasteiger partial charge in [-0.2, -0.15) is 9.57 Å². The van der Waals surface area contributed by atoms with Crippen molar-refractivity contribution < 1.29 is 8.42 Å². The van der Waals surface area contributed by atoms with Gasteiger partial charge in [0.05, 0.1) is 23.9 Å². The molecule has 3 rings (SSSR count). The maximum Gasteiger partial charge on any atom is 0.245 e. The van der Waals surface area contributed by atoms with Gasteiger partial charge in [-0.3, -0.25) is 0 Å². The molecule has 0 saturated heterocycles. The minimum Gasteiger partial charge on any atom is -0.398 e. The fraction of sp³-hybridized carbons (Fsp3) is 0.231. The molecule has 0 atom stereocenters. The Morgan fingerprint density at radius 2 is 2.14 bits per heavy atom. The molecule has 1 aliphatic rings. The van der Waals surface area contributed by atoms with Crippen LogP contribution in [0.15, 0.2) is 35.5 Å². The zero-order valence-corrected chi connectivity index (χ0v) is 11.9. The smallest absolute Gasteiger partial charge is 0.245 e. The number of rotatable bonds is 2. The number of hydrogen-bond acceptors (Lipinski definition) is 5. The van der Waals surface area contributed by atoms with Crippen molar-refractivity contribution >= 4 is 15.7 Å². The molecule has 0 bridgehead atoms. The molecule has 0 amide bonds. The third kappa shape index (κ3) is 2.26. The second-order valence-electron chi connectivity index (χ2n) is 4.74. The molecule has 108 valence electrons. The van der Waals surface area contributed by atoms with Crippen molar-refractivity contribution in [2.45, 2.75) is 18.0 Å². The van der Waals surface area contributed by atoms with Gasteiger partial charge in [-0.15, -0.1) is 0 Å². The van der Waals surface area contributed by atoms with Crippen LogP contribution in [0.3, 0.4) is 0 Å². The lowest BCUT2D eigenvalue weighted by atomic mass is 10.2. The van der Waals surface area contributed by atoms with Crippen molar-refractivity contribution in [2.75, 3.05) is 12.3 Å². The number of nitrogens with zero attached hydrogens (tertiary/aromatic N) is 4. The van der Waals surface area contributed by atoms with Crippen molar-refractivity contribution in [1.29, 1.82) is 5.26 Å². The summed E-state index contributed by atoms with van der Waals surface area (Å²) in [5.41, 5.74) is 6.21. The highest BCUT2D eigenvalue weighted by Gasteiger charge is 2.30. The Morgan fingerprint density at radius 3 is 2.86 bits per heavy atom. The Balaban J connectivity index is 1.97. The Kier molecular flexibility index (Phi) is 3.16. The summed E-state index contributed by atoms with van der Waals surface area (Å²) in [5, 5.41) is 8.81. The molecule has 8 heteroatoms. The van der Waals surface area contributed by atoms with E-state index in [0.717, 1.165) is 0 Å². The van der Waals surface area contributed by atoms with E-state index < -0.39 is 10.0 Å². The van der Waals surface area contributed by atoms with E-state index in [1.807, 2.05) is 16.8 Å². The highest BCUT2D eigenvalue weighted by atomic mass is 32.2. The number of aromatic nitrogens is 2. The molecule has 1 aromatic carbocycles. The van der Waals surface area contributed by atoms with Gasteiger partial charge in [0, 0.05) is 25.5 Å². The van der Waals surface area contributed by atoms with Crippen LogP contribution in [-0.4, -0.2) is 28.8 Å². The molecule has 2 N–H and O–H groups in total. The van der Waals surface area contributed by atoms with Crippen molar-refractivity contribution in [1.82, 2.24) is 13.9 Å². The number of sulfonamides is 1. The van der Waals surface area contributed by atoms with Crippen molar-refractivity contribution in [2.24, 2.45) is 0 Å². The van der Waals surface area contributed by atoms with Crippen LogP contribution < -0.4 is 5.73 Å². The lowest BCUT2D eigenvalue weighted by Gasteiger charge is -2.27. The van der Waals surface area contributed by atoms with Gasteiger partial charge in [0.15, 0.2) is 0 Å². The third-order valence-electron chi connectivity index (χ3n) is 3.47. The summed E-state index contributed by atoms with van der Waals surface area (Å²) in [6.45, 7) is 1.14. The van der Waals surface area contributed by atoms with E-state index in [1.54, 1.807) is 6.20 Å². The Morgan fingerprint density at radius 1 is 1.33 bits per heavy atom. The first kappa shape index (κ1) is 13.6. The summed E-state index contributed by atoms with van der Waals surface area (Å²) in [6, 6.07) is 6.14. The number of hydrogen-bond donors (Lipinski definition) is 1. The molecule has 2 aromatic rings. The lowest BCUT2D eigenvalue weighted by Crippen LogP contribution is -2.38. The molecule has 1 aliphatic heterocycles. The van der Waals surface area contributed by atoms with Gasteiger partial charge >= 0.3 is 0 Å². The number of nitrogen functional groups attached to an aromatic ring is 1. The van der Waals surface area contributed by atoms with Crippen LogP contribution >= 0.6 is 0 Å². The summed E-state index contributed by atoms with van der Waals surface area (Å²) in [6.07, 6.45) is 3.48. The molecule has 2 heterocycles. The summed E-state index contributed by atoms with van der Waals surface area (Å²) >= 11 is 0. The van der Waals surface area contributed by atoms with Gasteiger partial charge in [-0.1, -0.05) is 0 Å². The SMILES string of the molecule is N#Cc1ccc(S(=O)(=O)N2CCn3ccnc3C2)c(N)c1. The highest BCUT2D eigenvalue weighted by molar-refractivity contribution is 7.89. The number of nitrogens with two attached hydrogens (primary N) is 1. The van der Waals surface area contributed by atoms with Crippen LogP contribution in [0.2, 0.25) is 0 Å². The zero-order valence-electron chi connectivity index (χ0n) is 11.1. The monoisotopic (exact) mass is 303 g/mol. The molecule has 7 nitrogen and oxygen atoms in total. The lowest BCUT2D eigenvalue weighted by molar-refractivity contribution is 0.335. The first-order valence-corrected chi connectivity index (χ1v) is 7.76. The van der Waals surface area contributed by atoms with Crippen molar-refractivity contribution in [3.05, 3.63) is 42.0 Å². The average molecular weight is 303 g/mol. The second-order valence-corrected chi connectivity index (χ2v) is 6.65. The Labute approximate surface area is 122 Å². The van der Waals surface area contributed by atoms with E-state index in [1.165, 1.54) is 22.5 Å². The molecular formula is C13H13N5O2S. The first-order chi connectivity index (χ1) is 10.0. The van der Waals surface area contributed by atoms with Crippen LogP contribution in [0.4, 0.5) is 5.69 Å². The molecule has 21 heavy (non-hydrogen) atoms. The van der Waals surface area contributed by atoms with Crippen molar-refractivity contribution in [3.8, 4) is 6.07 Å². The average Bonchev–Trinajstić information content (AvgIpc) is 2.94. The van der Waals surface area contributed by atoms with Gasteiger partial charge in [-0.25, -0.2) is 13.4 Å². The Hall–Kier alpha value is -2.37. The minimum absolute atomic E-state index is 0.0292. The predicted molar refractivity (Wildman–Crippen MR) is 75.4 cm³/mol. The van der Waals surface area contributed by atoms with E-state index in [0.29, 0.717) is 24.5 Å². The highest BCUT2D eigenvalue weighted by Crippen LogP contribution is 2.26. The van der Waals surface area contributed by atoms with Gasteiger partial charge in [0.2, 0.25) is 10.0 Å². The zero-order chi connectivity index (χ0) is 15.0. The second kappa shape index (κ2) is 4.87. The van der Waals surface area contributed by atoms with Gasteiger partial charge in [0.25, 0.3) is 0 Å². The van der Waals surface area contributed by atoms with Crippen LogP contribution in [0.5, 0.6) is 0 Å². The fourth-order valence-electron chi connectivity index (χ4n) is 2.35. The van der Waals surface area contributed by atoms with Gasteiger partial charge in [-0.05, 0) is 18.2 Å². The van der Waals surface area contributed by atoms with E-state index in [-0.39, 0.29) is 17.1 Å². The third-order valence-corrected chi connectivity index (χ3v) is 5.39. The molecule has 0 aliphatic carbocycles. The summed E-state index contributed by atoms with van der Waals surface area (Å²) in [7, 11) is -3.69. The fourth-order valence-corrected chi connectivity index (χ4v) is 3.83. The minimum atomic E-state index is -3.69. The van der Waals surface area contributed by atoms with E-state index in [4.69, 9.17) is 11.0 Å². The van der Waals surface area contributed by atoms with Gasteiger partial charge < -0.3 is 10.3 Å². The largest absolute Gasteiger partial charge is 0.398 e. The molecule has 0 saturated carbocycles. The topological polar surface area (TPSA) is 105 Å². The number of nitriles is 1. The van der Waals surface area contributed by atoms with Crippen LogP contribution in [0, 0.1) is 11.3 Å². The molecule has 0 radical (unpaired) electrons. The molecule has 0 spiro atoms. The number of fused-ring (bicyclic) bond motifs is 1. The maximum atomic E-state index is 12.7. The standard InChI is InChI=1S/C13H13N5O2S/c14-8-10-1-2-12(11(15)7-10)21(19,20)18-6-5-17-4-3-16-13(17)9-18/h1-4,7H,5-6,9,15H2. The molecule has 0 fully saturated rings. The summed E-state index contributed by atoms with van der Waals surface area (Å²) in [5.74, 6) is 0.706. The predicted octanol–water partition coefficient (Wildman–Crippen LogP) is 0.541. The number of imidazole rings is 1. The number of benzene rings is 1. The summed E-state index contributed by atoms with van der Waals surface area (Å²) in [4.78, 5) is 4.18. The van der Waals surface area contributed by atoms with E-state index >= 15 is 0 Å². The summed E-state index contributed by atoms with van der Waals surface area (Å²) < 4.78 is 28.6.